The van der Waals surface area contributed by atoms with Gasteiger partial charge >= 0.3 is 0 Å². The van der Waals surface area contributed by atoms with Gasteiger partial charge in [0, 0.05) is 31.5 Å². The minimum atomic E-state index is -3.93. The molecule has 1 aromatic carbocycles. The van der Waals surface area contributed by atoms with E-state index in [9.17, 15) is 17.6 Å². The molecule has 0 unspecified atom stereocenters. The first-order valence-corrected chi connectivity index (χ1v) is 7.81. The quantitative estimate of drug-likeness (QED) is 0.914. The summed E-state index contributed by atoms with van der Waals surface area (Å²) < 4.78 is 39.3. The molecule has 0 aliphatic heterocycles. The molecule has 0 atom stereocenters. The Labute approximate surface area is 122 Å². The number of aromatic amines is 1. The molecule has 2 aromatic rings. The van der Waals surface area contributed by atoms with Gasteiger partial charge in [0.2, 0.25) is 15.5 Å². The summed E-state index contributed by atoms with van der Waals surface area (Å²) >= 11 is 0. The number of halogens is 1. The SMILES string of the molecule is CCN(Cc1cccc(F)c1)S(=O)(=O)c1c[nH]ccc1=O. The Balaban J connectivity index is 2.37. The first-order valence-electron chi connectivity index (χ1n) is 6.37. The first kappa shape index (κ1) is 15.4. The van der Waals surface area contributed by atoms with Crippen molar-refractivity contribution in [3.8, 4) is 0 Å². The molecule has 0 fully saturated rings. The molecule has 7 heteroatoms. The predicted molar refractivity (Wildman–Crippen MR) is 76.7 cm³/mol. The van der Waals surface area contributed by atoms with Gasteiger partial charge in [-0.2, -0.15) is 4.31 Å². The van der Waals surface area contributed by atoms with Gasteiger partial charge in [-0.1, -0.05) is 19.1 Å². The van der Waals surface area contributed by atoms with Crippen molar-refractivity contribution in [3.05, 3.63) is 64.3 Å². The fourth-order valence-corrected chi connectivity index (χ4v) is 3.42. The van der Waals surface area contributed by atoms with Gasteiger partial charge in [0.05, 0.1) is 0 Å². The lowest BCUT2D eigenvalue weighted by molar-refractivity contribution is 0.422. The summed E-state index contributed by atoms with van der Waals surface area (Å²) in [7, 11) is -3.93. The number of pyridine rings is 1. The van der Waals surface area contributed by atoms with Crippen molar-refractivity contribution < 1.29 is 12.8 Å². The molecule has 0 amide bonds. The maximum Gasteiger partial charge on any atom is 0.248 e. The van der Waals surface area contributed by atoms with E-state index >= 15 is 0 Å². The highest BCUT2D eigenvalue weighted by molar-refractivity contribution is 7.89. The van der Waals surface area contributed by atoms with Crippen molar-refractivity contribution in [2.45, 2.75) is 18.4 Å². The molecule has 0 radical (unpaired) electrons. The Bertz CT molecular complexity index is 787. The van der Waals surface area contributed by atoms with Gasteiger partial charge in [0.25, 0.3) is 0 Å². The number of aromatic nitrogens is 1. The Kier molecular flexibility index (Phi) is 4.54. The monoisotopic (exact) mass is 310 g/mol. The third-order valence-corrected chi connectivity index (χ3v) is 4.95. The number of hydrogen-bond donors (Lipinski definition) is 1. The van der Waals surface area contributed by atoms with Crippen LogP contribution in [0.4, 0.5) is 4.39 Å². The van der Waals surface area contributed by atoms with E-state index < -0.39 is 21.3 Å². The van der Waals surface area contributed by atoms with E-state index in [0.29, 0.717) is 5.56 Å². The molecule has 0 spiro atoms. The van der Waals surface area contributed by atoms with E-state index in [1.54, 1.807) is 13.0 Å². The highest BCUT2D eigenvalue weighted by atomic mass is 32.2. The van der Waals surface area contributed by atoms with Crippen LogP contribution < -0.4 is 5.43 Å². The summed E-state index contributed by atoms with van der Waals surface area (Å²) in [5.41, 5.74) is -0.0563. The second kappa shape index (κ2) is 6.19. The fourth-order valence-electron chi connectivity index (χ4n) is 1.95. The van der Waals surface area contributed by atoms with Crippen LogP contribution in [0.5, 0.6) is 0 Å². The smallest absolute Gasteiger partial charge is 0.248 e. The number of sulfonamides is 1. The van der Waals surface area contributed by atoms with Crippen LogP contribution in [0.3, 0.4) is 0 Å². The van der Waals surface area contributed by atoms with Gasteiger partial charge in [-0.15, -0.1) is 0 Å². The molecule has 5 nitrogen and oxygen atoms in total. The minimum absolute atomic E-state index is 0.00489. The van der Waals surface area contributed by atoms with Crippen molar-refractivity contribution in [2.75, 3.05) is 6.54 Å². The third-order valence-electron chi connectivity index (χ3n) is 3.01. The third kappa shape index (κ3) is 3.37. The summed E-state index contributed by atoms with van der Waals surface area (Å²) in [5.74, 6) is -0.432. The number of hydrogen-bond acceptors (Lipinski definition) is 3. The first-order chi connectivity index (χ1) is 9.95. The second-order valence-electron chi connectivity index (χ2n) is 4.43. The zero-order valence-corrected chi connectivity index (χ0v) is 12.2. The summed E-state index contributed by atoms with van der Waals surface area (Å²) in [4.78, 5) is 14.0. The predicted octanol–water partition coefficient (Wildman–Crippen LogP) is 1.72. The van der Waals surface area contributed by atoms with E-state index in [1.807, 2.05) is 0 Å². The van der Waals surface area contributed by atoms with Gasteiger partial charge in [-0.25, -0.2) is 12.8 Å². The number of H-pyrrole nitrogens is 1. The molecule has 1 N–H and O–H groups in total. The summed E-state index contributed by atoms with van der Waals surface area (Å²) in [6.07, 6.45) is 2.52. The van der Waals surface area contributed by atoms with E-state index in [2.05, 4.69) is 4.98 Å². The van der Waals surface area contributed by atoms with E-state index in [0.717, 1.165) is 16.6 Å². The Morgan fingerprint density at radius 3 is 2.67 bits per heavy atom. The molecular formula is C14H15FN2O3S. The van der Waals surface area contributed by atoms with Crippen LogP contribution >= 0.6 is 0 Å². The molecule has 2 rings (SSSR count). The van der Waals surface area contributed by atoms with Crippen molar-refractivity contribution in [3.63, 3.8) is 0 Å². The molecule has 0 saturated carbocycles. The maximum atomic E-state index is 13.2. The molecule has 0 saturated heterocycles. The molecule has 0 aliphatic rings. The van der Waals surface area contributed by atoms with Crippen LogP contribution in [0.2, 0.25) is 0 Å². The Hall–Kier alpha value is -1.99. The molecular weight excluding hydrogens is 295 g/mol. The van der Waals surface area contributed by atoms with Crippen molar-refractivity contribution in [1.29, 1.82) is 0 Å². The van der Waals surface area contributed by atoms with Crippen LogP contribution in [-0.2, 0) is 16.6 Å². The zero-order valence-electron chi connectivity index (χ0n) is 11.4. The van der Waals surface area contributed by atoms with E-state index in [1.165, 1.54) is 24.4 Å². The molecule has 0 aliphatic carbocycles. The van der Waals surface area contributed by atoms with Crippen LogP contribution in [0.15, 0.2) is 52.4 Å². The summed E-state index contributed by atoms with van der Waals surface area (Å²) in [6.45, 7) is 1.84. The zero-order chi connectivity index (χ0) is 15.5. The lowest BCUT2D eigenvalue weighted by Gasteiger charge is -2.20. The van der Waals surface area contributed by atoms with Crippen molar-refractivity contribution in [2.24, 2.45) is 0 Å². The fraction of sp³-hybridized carbons (Fsp3) is 0.214. The van der Waals surface area contributed by atoms with Gasteiger partial charge in [-0.05, 0) is 17.7 Å². The lowest BCUT2D eigenvalue weighted by Crippen LogP contribution is -2.33. The summed E-state index contributed by atoms with van der Waals surface area (Å²) in [6, 6.07) is 6.86. The van der Waals surface area contributed by atoms with Crippen LogP contribution in [0.25, 0.3) is 0 Å². The van der Waals surface area contributed by atoms with Gasteiger partial charge < -0.3 is 4.98 Å². The summed E-state index contributed by atoms with van der Waals surface area (Å²) in [5, 5.41) is 0. The number of nitrogens with zero attached hydrogens (tertiary/aromatic N) is 1. The molecule has 1 aromatic heterocycles. The van der Waals surface area contributed by atoms with Crippen LogP contribution in [-0.4, -0.2) is 24.3 Å². The van der Waals surface area contributed by atoms with Gasteiger partial charge in [0.1, 0.15) is 10.7 Å². The highest BCUT2D eigenvalue weighted by Gasteiger charge is 2.25. The molecule has 1 heterocycles. The van der Waals surface area contributed by atoms with E-state index in [4.69, 9.17) is 0 Å². The number of nitrogens with one attached hydrogen (secondary N) is 1. The second-order valence-corrected chi connectivity index (χ2v) is 6.34. The van der Waals surface area contributed by atoms with Crippen molar-refractivity contribution >= 4 is 10.0 Å². The standard InChI is InChI=1S/C14H15FN2O3S/c1-2-17(10-11-4-3-5-12(15)8-11)21(19,20)14-9-16-7-6-13(14)18/h3-9H,2,10H2,1H3,(H,16,18). The largest absolute Gasteiger partial charge is 0.366 e. The molecule has 112 valence electrons. The van der Waals surface area contributed by atoms with Crippen molar-refractivity contribution in [1.82, 2.24) is 9.29 Å². The van der Waals surface area contributed by atoms with Crippen LogP contribution in [0.1, 0.15) is 12.5 Å². The number of benzene rings is 1. The Morgan fingerprint density at radius 1 is 1.29 bits per heavy atom. The molecule has 0 bridgehead atoms. The van der Waals surface area contributed by atoms with Gasteiger partial charge in [-0.3, -0.25) is 4.79 Å². The normalized spacial score (nSPS) is 11.8. The minimum Gasteiger partial charge on any atom is -0.366 e. The average molecular weight is 310 g/mol. The topological polar surface area (TPSA) is 70.2 Å². The van der Waals surface area contributed by atoms with E-state index in [-0.39, 0.29) is 18.0 Å². The van der Waals surface area contributed by atoms with Crippen LogP contribution in [0, 0.1) is 5.82 Å². The Morgan fingerprint density at radius 2 is 2.05 bits per heavy atom. The average Bonchev–Trinajstić information content (AvgIpc) is 2.45. The highest BCUT2D eigenvalue weighted by Crippen LogP contribution is 2.15. The van der Waals surface area contributed by atoms with Gasteiger partial charge in [0.15, 0.2) is 0 Å². The molecule has 21 heavy (non-hydrogen) atoms. The lowest BCUT2D eigenvalue weighted by atomic mass is 10.2. The maximum absolute atomic E-state index is 13.2. The number of rotatable bonds is 5.